The maximum Gasteiger partial charge on any atom is 0.216 e. The van der Waals surface area contributed by atoms with Crippen LogP contribution in [0.2, 0.25) is 0 Å². The highest BCUT2D eigenvalue weighted by Gasteiger charge is 2.33. The molecule has 1 aromatic carbocycles. The molecule has 2 aromatic rings. The van der Waals surface area contributed by atoms with Gasteiger partial charge in [0.1, 0.15) is 23.7 Å². The molecular formula is C20H28N4O2. The maximum atomic E-state index is 6.11. The van der Waals surface area contributed by atoms with Crippen LogP contribution in [0.4, 0.5) is 0 Å². The molecule has 0 fully saturated rings. The van der Waals surface area contributed by atoms with Crippen LogP contribution >= 0.6 is 0 Å². The van der Waals surface area contributed by atoms with Crippen molar-refractivity contribution >= 4 is 5.96 Å². The van der Waals surface area contributed by atoms with Crippen molar-refractivity contribution < 1.29 is 9.15 Å². The fraction of sp³-hybridized carbons (Fsp3) is 0.500. The zero-order valence-electron chi connectivity index (χ0n) is 16.2. The summed E-state index contributed by atoms with van der Waals surface area (Å²) < 4.78 is 11.7. The first-order valence-electron chi connectivity index (χ1n) is 9.13. The normalized spacial score (nSPS) is 18.8. The van der Waals surface area contributed by atoms with Crippen LogP contribution in [-0.4, -0.2) is 23.1 Å². The van der Waals surface area contributed by atoms with Crippen LogP contribution in [0, 0.1) is 13.8 Å². The molecule has 2 N–H and O–H groups in total. The topological polar surface area (TPSA) is 71.7 Å². The standard InChI is InChI=1S/C20H28N4O2/c1-6-21-19(22-12-18-23-13(2)14(3)25-18)24-16-11-20(4,5)26-17-10-8-7-9-15(16)17/h7-10,16H,6,11-12H2,1-5H3,(H2,21,22,24). The molecule has 0 saturated heterocycles. The number of aryl methyl sites for hydroxylation is 2. The van der Waals surface area contributed by atoms with Crippen LogP contribution in [0.25, 0.3) is 0 Å². The number of oxazole rings is 1. The molecule has 6 nitrogen and oxygen atoms in total. The predicted octanol–water partition coefficient (Wildman–Crippen LogP) is 3.65. The van der Waals surface area contributed by atoms with Crippen molar-refractivity contribution in [3.05, 3.63) is 47.2 Å². The Hall–Kier alpha value is -2.50. The molecule has 1 aliphatic rings. The van der Waals surface area contributed by atoms with Crippen molar-refractivity contribution in [1.29, 1.82) is 0 Å². The van der Waals surface area contributed by atoms with Crippen LogP contribution in [0.3, 0.4) is 0 Å². The van der Waals surface area contributed by atoms with Gasteiger partial charge in [-0.2, -0.15) is 0 Å². The molecule has 0 spiro atoms. The van der Waals surface area contributed by atoms with E-state index in [0.29, 0.717) is 12.4 Å². The van der Waals surface area contributed by atoms with E-state index in [4.69, 9.17) is 9.15 Å². The second kappa shape index (κ2) is 7.40. The Labute approximate surface area is 155 Å². The Balaban J connectivity index is 1.80. The van der Waals surface area contributed by atoms with Crippen LogP contribution in [0.15, 0.2) is 33.7 Å². The van der Waals surface area contributed by atoms with E-state index < -0.39 is 0 Å². The van der Waals surface area contributed by atoms with Crippen LogP contribution in [0.5, 0.6) is 5.75 Å². The Morgan fingerprint density at radius 3 is 2.77 bits per heavy atom. The second-order valence-corrected chi connectivity index (χ2v) is 7.24. The molecule has 1 unspecified atom stereocenters. The molecule has 0 saturated carbocycles. The number of hydrogen-bond donors (Lipinski definition) is 2. The molecule has 26 heavy (non-hydrogen) atoms. The van der Waals surface area contributed by atoms with E-state index >= 15 is 0 Å². The van der Waals surface area contributed by atoms with Crippen molar-refractivity contribution in [2.75, 3.05) is 6.54 Å². The minimum Gasteiger partial charge on any atom is -0.487 e. The molecule has 2 heterocycles. The van der Waals surface area contributed by atoms with Gasteiger partial charge in [0.05, 0.1) is 11.7 Å². The molecule has 1 aromatic heterocycles. The Morgan fingerprint density at radius 2 is 2.08 bits per heavy atom. The third-order valence-corrected chi connectivity index (χ3v) is 4.48. The van der Waals surface area contributed by atoms with Crippen molar-refractivity contribution in [3.63, 3.8) is 0 Å². The predicted molar refractivity (Wildman–Crippen MR) is 102 cm³/mol. The lowest BCUT2D eigenvalue weighted by Crippen LogP contribution is -2.45. The van der Waals surface area contributed by atoms with Crippen molar-refractivity contribution in [1.82, 2.24) is 15.6 Å². The molecule has 140 valence electrons. The Morgan fingerprint density at radius 1 is 1.31 bits per heavy atom. The first-order valence-corrected chi connectivity index (χ1v) is 9.13. The summed E-state index contributed by atoms with van der Waals surface area (Å²) in [5.74, 6) is 3.15. The first kappa shape index (κ1) is 18.3. The highest BCUT2D eigenvalue weighted by molar-refractivity contribution is 5.80. The lowest BCUT2D eigenvalue weighted by molar-refractivity contribution is 0.0694. The number of nitrogens with zero attached hydrogens (tertiary/aromatic N) is 2. The molecule has 0 amide bonds. The summed E-state index contributed by atoms with van der Waals surface area (Å²) in [7, 11) is 0. The van der Waals surface area contributed by atoms with Crippen molar-refractivity contribution in [2.24, 2.45) is 4.99 Å². The van der Waals surface area contributed by atoms with Gasteiger partial charge in [-0.05, 0) is 40.7 Å². The van der Waals surface area contributed by atoms with Gasteiger partial charge in [0.25, 0.3) is 0 Å². The van der Waals surface area contributed by atoms with Gasteiger partial charge in [-0.1, -0.05) is 18.2 Å². The smallest absolute Gasteiger partial charge is 0.216 e. The van der Waals surface area contributed by atoms with Crippen molar-refractivity contribution in [2.45, 2.75) is 59.2 Å². The minimum atomic E-state index is -0.236. The molecular weight excluding hydrogens is 328 g/mol. The zero-order chi connectivity index (χ0) is 18.7. The van der Waals surface area contributed by atoms with E-state index in [1.165, 1.54) is 0 Å². The van der Waals surface area contributed by atoms with Gasteiger partial charge in [-0.25, -0.2) is 9.98 Å². The fourth-order valence-corrected chi connectivity index (χ4v) is 3.17. The van der Waals surface area contributed by atoms with Crippen LogP contribution in [0.1, 0.15) is 56.1 Å². The number of guanidine groups is 1. The quantitative estimate of drug-likeness (QED) is 0.646. The first-order chi connectivity index (χ1) is 12.4. The highest BCUT2D eigenvalue weighted by atomic mass is 16.5. The SMILES string of the molecule is CCNC(=NCc1nc(C)c(C)o1)NC1CC(C)(C)Oc2ccccc21. The summed E-state index contributed by atoms with van der Waals surface area (Å²) in [5, 5.41) is 6.86. The monoisotopic (exact) mass is 356 g/mol. The van der Waals surface area contributed by atoms with Gasteiger partial charge in [0.2, 0.25) is 5.89 Å². The van der Waals surface area contributed by atoms with E-state index in [0.717, 1.165) is 41.7 Å². The van der Waals surface area contributed by atoms with E-state index in [1.807, 2.05) is 32.0 Å². The van der Waals surface area contributed by atoms with Gasteiger partial charge in [-0.15, -0.1) is 0 Å². The van der Waals surface area contributed by atoms with E-state index in [-0.39, 0.29) is 11.6 Å². The molecule has 1 atom stereocenters. The third-order valence-electron chi connectivity index (χ3n) is 4.48. The number of rotatable bonds is 4. The lowest BCUT2D eigenvalue weighted by Gasteiger charge is -2.38. The largest absolute Gasteiger partial charge is 0.487 e. The average Bonchev–Trinajstić information content (AvgIpc) is 2.90. The fourth-order valence-electron chi connectivity index (χ4n) is 3.17. The number of aromatic nitrogens is 1. The number of benzene rings is 1. The minimum absolute atomic E-state index is 0.126. The molecule has 1 aliphatic heterocycles. The van der Waals surface area contributed by atoms with Crippen LogP contribution < -0.4 is 15.4 Å². The van der Waals surface area contributed by atoms with Gasteiger partial charge in [0, 0.05) is 18.5 Å². The van der Waals surface area contributed by atoms with Crippen molar-refractivity contribution in [3.8, 4) is 5.75 Å². The van der Waals surface area contributed by atoms with E-state index in [9.17, 15) is 0 Å². The van der Waals surface area contributed by atoms with Gasteiger partial charge in [0.15, 0.2) is 5.96 Å². The molecule has 3 rings (SSSR count). The average molecular weight is 356 g/mol. The number of aliphatic imine (C=N–C) groups is 1. The highest BCUT2D eigenvalue weighted by Crippen LogP contribution is 2.39. The summed E-state index contributed by atoms with van der Waals surface area (Å²) in [6, 6.07) is 8.29. The van der Waals surface area contributed by atoms with Crippen LogP contribution in [-0.2, 0) is 6.54 Å². The van der Waals surface area contributed by atoms with Gasteiger partial charge >= 0.3 is 0 Å². The number of hydrogen-bond acceptors (Lipinski definition) is 4. The summed E-state index contributed by atoms with van der Waals surface area (Å²) in [5.41, 5.74) is 1.83. The van der Waals surface area contributed by atoms with Gasteiger partial charge < -0.3 is 19.8 Å². The summed E-state index contributed by atoms with van der Waals surface area (Å²) in [6.45, 7) is 11.3. The molecule has 6 heteroatoms. The summed E-state index contributed by atoms with van der Waals surface area (Å²) in [4.78, 5) is 9.05. The molecule has 0 bridgehead atoms. The van der Waals surface area contributed by atoms with E-state index in [1.54, 1.807) is 0 Å². The number of para-hydroxylation sites is 1. The van der Waals surface area contributed by atoms with Gasteiger partial charge in [-0.3, -0.25) is 0 Å². The molecule has 0 aliphatic carbocycles. The number of fused-ring (bicyclic) bond motifs is 1. The maximum absolute atomic E-state index is 6.11. The zero-order valence-corrected chi connectivity index (χ0v) is 16.2. The summed E-state index contributed by atoms with van der Waals surface area (Å²) >= 11 is 0. The number of ether oxygens (including phenoxy) is 1. The number of nitrogens with one attached hydrogen (secondary N) is 2. The summed E-state index contributed by atoms with van der Waals surface area (Å²) in [6.07, 6.45) is 0.853. The Kier molecular flexibility index (Phi) is 5.20. The third kappa shape index (κ3) is 4.18. The molecule has 0 radical (unpaired) electrons. The second-order valence-electron chi connectivity index (χ2n) is 7.24. The Bertz CT molecular complexity index is 775. The van der Waals surface area contributed by atoms with E-state index in [2.05, 4.69) is 47.4 Å². The lowest BCUT2D eigenvalue weighted by atomic mass is 9.90.